The number of nitrogens with one attached hydrogen (secondary N) is 1. The highest BCUT2D eigenvalue weighted by atomic mass is 79.9. The van der Waals surface area contributed by atoms with E-state index in [1.54, 1.807) is 23.1 Å². The Hall–Kier alpha value is -2.36. The van der Waals surface area contributed by atoms with Crippen molar-refractivity contribution in [3.8, 4) is 5.75 Å². The SMILES string of the molecule is COc1cc(NC(=O)CCn2cc(Br)cn2)cc(S(=O)(=O)c2ccc(Cl)cc2)c1. The summed E-state index contributed by atoms with van der Waals surface area (Å²) in [6.07, 6.45) is 3.56. The van der Waals surface area contributed by atoms with Gasteiger partial charge in [-0.3, -0.25) is 9.48 Å². The molecule has 3 aromatic rings. The average Bonchev–Trinajstić information content (AvgIpc) is 3.11. The van der Waals surface area contributed by atoms with Crippen LogP contribution in [0.15, 0.2) is 69.1 Å². The minimum atomic E-state index is -3.81. The van der Waals surface area contributed by atoms with Gasteiger partial charge in [0.05, 0.1) is 27.6 Å². The first-order valence-corrected chi connectivity index (χ1v) is 11.1. The van der Waals surface area contributed by atoms with Crippen LogP contribution in [0.5, 0.6) is 5.75 Å². The molecule has 1 amide bonds. The lowest BCUT2D eigenvalue weighted by molar-refractivity contribution is -0.116. The number of hydrogen-bond donors (Lipinski definition) is 1. The summed E-state index contributed by atoms with van der Waals surface area (Å²) in [5.41, 5.74) is 0.323. The highest BCUT2D eigenvalue weighted by molar-refractivity contribution is 9.10. The van der Waals surface area contributed by atoms with Crippen molar-refractivity contribution < 1.29 is 17.9 Å². The van der Waals surface area contributed by atoms with E-state index in [4.69, 9.17) is 16.3 Å². The molecule has 1 N–H and O–H groups in total. The summed E-state index contributed by atoms with van der Waals surface area (Å²) in [5.74, 6) is 0.0334. The quantitative estimate of drug-likeness (QED) is 0.528. The molecule has 0 spiro atoms. The predicted octanol–water partition coefficient (Wildman–Crippen LogP) is 4.17. The number of sulfone groups is 1. The Morgan fingerprint density at radius 2 is 1.93 bits per heavy atom. The van der Waals surface area contributed by atoms with Crippen LogP contribution in [0, 0.1) is 0 Å². The number of amides is 1. The molecule has 0 radical (unpaired) electrons. The molecule has 0 atom stereocenters. The van der Waals surface area contributed by atoms with Crippen LogP contribution in [-0.2, 0) is 21.2 Å². The fourth-order valence-electron chi connectivity index (χ4n) is 2.57. The Morgan fingerprint density at radius 3 is 2.55 bits per heavy atom. The lowest BCUT2D eigenvalue weighted by atomic mass is 10.3. The third-order valence-corrected chi connectivity index (χ3v) is 6.41. The van der Waals surface area contributed by atoms with E-state index in [0.717, 1.165) is 4.47 Å². The molecular weight excluding hydrogens is 482 g/mol. The minimum Gasteiger partial charge on any atom is -0.497 e. The normalized spacial score (nSPS) is 11.3. The second kappa shape index (κ2) is 8.98. The zero-order chi connectivity index (χ0) is 21.0. The molecular formula is C19H17BrClN3O4S. The smallest absolute Gasteiger partial charge is 0.226 e. The zero-order valence-corrected chi connectivity index (χ0v) is 18.5. The van der Waals surface area contributed by atoms with E-state index in [9.17, 15) is 13.2 Å². The maximum Gasteiger partial charge on any atom is 0.226 e. The van der Waals surface area contributed by atoms with Gasteiger partial charge in [0.1, 0.15) is 5.75 Å². The van der Waals surface area contributed by atoms with Gasteiger partial charge in [-0.05, 0) is 52.3 Å². The molecule has 29 heavy (non-hydrogen) atoms. The molecule has 3 rings (SSSR count). The van der Waals surface area contributed by atoms with E-state index >= 15 is 0 Å². The van der Waals surface area contributed by atoms with Crippen LogP contribution >= 0.6 is 27.5 Å². The van der Waals surface area contributed by atoms with Crippen LogP contribution in [0.4, 0.5) is 5.69 Å². The number of aromatic nitrogens is 2. The van der Waals surface area contributed by atoms with Gasteiger partial charge in [0.2, 0.25) is 15.7 Å². The third kappa shape index (κ3) is 5.37. The van der Waals surface area contributed by atoms with Gasteiger partial charge in [-0.15, -0.1) is 0 Å². The van der Waals surface area contributed by atoms with Crippen molar-refractivity contribution in [2.24, 2.45) is 0 Å². The summed E-state index contributed by atoms with van der Waals surface area (Å²) in [7, 11) is -2.38. The first kappa shape index (κ1) is 21.4. The average molecular weight is 499 g/mol. The molecule has 0 unspecified atom stereocenters. The molecule has 1 aromatic heterocycles. The van der Waals surface area contributed by atoms with E-state index in [2.05, 4.69) is 26.3 Å². The number of anilines is 1. The summed E-state index contributed by atoms with van der Waals surface area (Å²) in [4.78, 5) is 12.4. The van der Waals surface area contributed by atoms with Crippen LogP contribution in [0.2, 0.25) is 5.02 Å². The molecule has 152 valence electrons. The van der Waals surface area contributed by atoms with E-state index < -0.39 is 9.84 Å². The lowest BCUT2D eigenvalue weighted by Gasteiger charge is -2.11. The van der Waals surface area contributed by atoms with Gasteiger partial charge in [-0.1, -0.05) is 11.6 Å². The fraction of sp³-hybridized carbons (Fsp3) is 0.158. The molecule has 1 heterocycles. The summed E-state index contributed by atoms with van der Waals surface area (Å²) in [5, 5.41) is 7.24. The van der Waals surface area contributed by atoms with E-state index in [1.807, 2.05) is 0 Å². The van der Waals surface area contributed by atoms with Gasteiger partial charge in [-0.2, -0.15) is 5.10 Å². The van der Waals surface area contributed by atoms with Gasteiger partial charge in [-0.25, -0.2) is 8.42 Å². The van der Waals surface area contributed by atoms with Gasteiger partial charge in [0.15, 0.2) is 0 Å². The lowest BCUT2D eigenvalue weighted by Crippen LogP contribution is -2.15. The second-order valence-corrected chi connectivity index (χ2v) is 9.38. The van der Waals surface area contributed by atoms with Crippen molar-refractivity contribution in [2.45, 2.75) is 22.8 Å². The molecule has 0 fully saturated rings. The number of rotatable bonds is 7. The summed E-state index contributed by atoms with van der Waals surface area (Å²) in [6.45, 7) is 0.386. The standard InChI is InChI=1S/C19H17BrClN3O4S/c1-28-16-8-15(23-19(25)6-7-24-12-13(20)11-22-24)9-18(10-16)29(26,27)17-4-2-14(21)3-5-17/h2-5,8-12H,6-7H2,1H3,(H,23,25). The Labute approximate surface area is 181 Å². The number of benzene rings is 2. The van der Waals surface area contributed by atoms with Crippen LogP contribution in [0.3, 0.4) is 0 Å². The number of nitrogens with zero attached hydrogens (tertiary/aromatic N) is 2. The van der Waals surface area contributed by atoms with Crippen molar-refractivity contribution in [3.05, 3.63) is 64.4 Å². The topological polar surface area (TPSA) is 90.3 Å². The largest absolute Gasteiger partial charge is 0.497 e. The minimum absolute atomic E-state index is 0.00507. The van der Waals surface area contributed by atoms with Crippen LogP contribution in [0.1, 0.15) is 6.42 Å². The Morgan fingerprint density at radius 1 is 1.21 bits per heavy atom. The first-order valence-electron chi connectivity index (χ1n) is 8.45. The van der Waals surface area contributed by atoms with Crippen molar-refractivity contribution >= 4 is 49.0 Å². The Balaban J connectivity index is 1.81. The molecule has 7 nitrogen and oxygen atoms in total. The van der Waals surface area contributed by atoms with Gasteiger partial charge < -0.3 is 10.1 Å². The van der Waals surface area contributed by atoms with Crippen LogP contribution in [-0.4, -0.2) is 31.2 Å². The molecule has 0 aliphatic heterocycles. The van der Waals surface area contributed by atoms with E-state index in [0.29, 0.717) is 23.0 Å². The van der Waals surface area contributed by atoms with E-state index in [-0.39, 0.29) is 22.1 Å². The predicted molar refractivity (Wildman–Crippen MR) is 113 cm³/mol. The number of hydrogen-bond acceptors (Lipinski definition) is 5. The Bertz CT molecular complexity index is 1130. The summed E-state index contributed by atoms with van der Waals surface area (Å²) >= 11 is 9.14. The van der Waals surface area contributed by atoms with Crippen LogP contribution in [0.25, 0.3) is 0 Å². The van der Waals surface area contributed by atoms with Gasteiger partial charge in [0, 0.05) is 35.9 Å². The van der Waals surface area contributed by atoms with Crippen molar-refractivity contribution in [1.29, 1.82) is 0 Å². The molecule has 0 saturated heterocycles. The summed E-state index contributed by atoms with van der Waals surface area (Å²) < 4.78 is 33.5. The summed E-state index contributed by atoms with van der Waals surface area (Å²) in [6, 6.07) is 10.2. The molecule has 0 bridgehead atoms. The number of ether oxygens (including phenoxy) is 1. The molecule has 0 aliphatic rings. The molecule has 2 aromatic carbocycles. The van der Waals surface area contributed by atoms with Crippen LogP contribution < -0.4 is 10.1 Å². The zero-order valence-electron chi connectivity index (χ0n) is 15.3. The van der Waals surface area contributed by atoms with E-state index in [1.165, 1.54) is 43.5 Å². The Kier molecular flexibility index (Phi) is 6.61. The third-order valence-electron chi connectivity index (χ3n) is 4.00. The number of aryl methyl sites for hydroxylation is 1. The van der Waals surface area contributed by atoms with Crippen molar-refractivity contribution in [3.63, 3.8) is 0 Å². The number of methoxy groups -OCH3 is 1. The van der Waals surface area contributed by atoms with Crippen molar-refractivity contribution in [1.82, 2.24) is 9.78 Å². The maximum atomic E-state index is 12.9. The monoisotopic (exact) mass is 497 g/mol. The molecule has 10 heteroatoms. The fourth-order valence-corrected chi connectivity index (χ4v) is 4.34. The molecule has 0 saturated carbocycles. The highest BCUT2D eigenvalue weighted by Crippen LogP contribution is 2.29. The number of carbonyl (C=O) groups excluding carboxylic acids is 1. The number of halogens is 2. The van der Waals surface area contributed by atoms with Gasteiger partial charge >= 0.3 is 0 Å². The highest BCUT2D eigenvalue weighted by Gasteiger charge is 2.20. The molecule has 0 aliphatic carbocycles. The second-order valence-electron chi connectivity index (χ2n) is 6.07. The first-order chi connectivity index (χ1) is 13.8. The number of carbonyl (C=O) groups is 1. The van der Waals surface area contributed by atoms with Gasteiger partial charge in [0.25, 0.3) is 0 Å². The maximum absolute atomic E-state index is 12.9. The van der Waals surface area contributed by atoms with Crippen molar-refractivity contribution in [2.75, 3.05) is 12.4 Å².